The molecule has 3 rings (SSSR count). The molecule has 0 saturated heterocycles. The summed E-state index contributed by atoms with van der Waals surface area (Å²) in [5.41, 5.74) is 3.45. The highest BCUT2D eigenvalue weighted by atomic mass is 16.5. The highest BCUT2D eigenvalue weighted by Crippen LogP contribution is 2.20. The minimum absolute atomic E-state index is 0.198. The van der Waals surface area contributed by atoms with E-state index in [1.165, 1.54) is 5.56 Å². The fourth-order valence-electron chi connectivity index (χ4n) is 2.88. The van der Waals surface area contributed by atoms with E-state index in [0.29, 0.717) is 11.3 Å². The number of nitrogens with one attached hydrogen (secondary N) is 2. The minimum atomic E-state index is -0.198. The van der Waals surface area contributed by atoms with E-state index in [0.717, 1.165) is 30.1 Å². The number of benzene rings is 3. The van der Waals surface area contributed by atoms with Crippen LogP contribution in [0, 0.1) is 0 Å². The second-order valence-corrected chi connectivity index (χ2v) is 6.26. The highest BCUT2D eigenvalue weighted by Gasteiger charge is 2.11. The molecule has 1 amide bonds. The second-order valence-electron chi connectivity index (χ2n) is 6.26. The van der Waals surface area contributed by atoms with Gasteiger partial charge in [0.05, 0.1) is 19.8 Å². The van der Waals surface area contributed by atoms with Crippen LogP contribution in [-0.2, 0) is 6.42 Å². The molecule has 0 aliphatic carbocycles. The van der Waals surface area contributed by atoms with Crippen molar-refractivity contribution in [3.63, 3.8) is 0 Å². The maximum Gasteiger partial charge on any atom is 0.259 e. The first-order valence-corrected chi connectivity index (χ1v) is 9.11. The molecule has 0 spiro atoms. The second kappa shape index (κ2) is 9.46. The minimum Gasteiger partial charge on any atom is -0.497 e. The average Bonchev–Trinajstić information content (AvgIpc) is 2.75. The number of anilines is 2. The third-order valence-corrected chi connectivity index (χ3v) is 4.37. The van der Waals surface area contributed by atoms with Crippen LogP contribution in [0.25, 0.3) is 0 Å². The van der Waals surface area contributed by atoms with Crippen LogP contribution in [-0.4, -0.2) is 26.7 Å². The molecule has 3 aromatic rings. The fourth-order valence-corrected chi connectivity index (χ4v) is 2.88. The van der Waals surface area contributed by atoms with Gasteiger partial charge in [-0.2, -0.15) is 0 Å². The van der Waals surface area contributed by atoms with Crippen LogP contribution >= 0.6 is 0 Å². The van der Waals surface area contributed by atoms with Gasteiger partial charge in [0.15, 0.2) is 0 Å². The number of hydrogen-bond donors (Lipinski definition) is 2. The number of carbonyl (C=O) groups is 1. The molecule has 28 heavy (non-hydrogen) atoms. The van der Waals surface area contributed by atoms with E-state index < -0.39 is 0 Å². The lowest BCUT2D eigenvalue weighted by atomic mass is 10.1. The summed E-state index contributed by atoms with van der Waals surface area (Å²) >= 11 is 0. The lowest BCUT2D eigenvalue weighted by molar-refractivity contribution is 0.102. The number of hydrogen-bond acceptors (Lipinski definition) is 4. The average molecular weight is 376 g/mol. The molecule has 2 N–H and O–H groups in total. The van der Waals surface area contributed by atoms with Crippen LogP contribution in [0.3, 0.4) is 0 Å². The Morgan fingerprint density at radius 1 is 0.857 bits per heavy atom. The number of amides is 1. The summed E-state index contributed by atoms with van der Waals surface area (Å²) in [4.78, 5) is 12.4. The summed E-state index contributed by atoms with van der Waals surface area (Å²) in [6.45, 7) is 0.806. The first-order chi connectivity index (χ1) is 13.7. The van der Waals surface area contributed by atoms with Gasteiger partial charge in [-0.25, -0.2) is 0 Å². The summed E-state index contributed by atoms with van der Waals surface area (Å²) < 4.78 is 10.5. The van der Waals surface area contributed by atoms with Crippen molar-refractivity contribution in [1.82, 2.24) is 0 Å². The first-order valence-electron chi connectivity index (χ1n) is 9.11. The molecule has 144 valence electrons. The van der Waals surface area contributed by atoms with Crippen molar-refractivity contribution in [1.29, 1.82) is 0 Å². The summed E-state index contributed by atoms with van der Waals surface area (Å²) in [6, 6.07) is 22.9. The molecule has 3 aromatic carbocycles. The smallest absolute Gasteiger partial charge is 0.259 e. The van der Waals surface area contributed by atoms with E-state index in [1.54, 1.807) is 26.4 Å². The quantitative estimate of drug-likeness (QED) is 0.603. The summed E-state index contributed by atoms with van der Waals surface area (Å²) in [5, 5.41) is 6.28. The van der Waals surface area contributed by atoms with Gasteiger partial charge in [0, 0.05) is 17.9 Å². The number of para-hydroxylation sites is 1. The van der Waals surface area contributed by atoms with E-state index in [-0.39, 0.29) is 5.91 Å². The van der Waals surface area contributed by atoms with E-state index >= 15 is 0 Å². The molecular formula is C23H24N2O3. The zero-order valence-electron chi connectivity index (χ0n) is 16.1. The van der Waals surface area contributed by atoms with E-state index in [4.69, 9.17) is 9.47 Å². The van der Waals surface area contributed by atoms with Gasteiger partial charge < -0.3 is 20.1 Å². The Morgan fingerprint density at radius 3 is 2.36 bits per heavy atom. The Balaban J connectivity index is 1.54. The molecule has 0 radical (unpaired) electrons. The van der Waals surface area contributed by atoms with Gasteiger partial charge in [-0.05, 0) is 60.5 Å². The Labute approximate surface area is 165 Å². The van der Waals surface area contributed by atoms with Crippen LogP contribution in [0.1, 0.15) is 15.9 Å². The van der Waals surface area contributed by atoms with Gasteiger partial charge in [-0.3, -0.25) is 4.79 Å². The van der Waals surface area contributed by atoms with Crippen LogP contribution in [0.4, 0.5) is 11.4 Å². The third kappa shape index (κ3) is 5.04. The zero-order valence-corrected chi connectivity index (χ0v) is 16.1. The molecule has 0 atom stereocenters. The topological polar surface area (TPSA) is 59.6 Å². The number of carbonyl (C=O) groups excluding carboxylic acids is 1. The summed E-state index contributed by atoms with van der Waals surface area (Å²) in [5.74, 6) is 1.22. The Hall–Kier alpha value is -3.47. The van der Waals surface area contributed by atoms with Crippen molar-refractivity contribution in [3.05, 3.63) is 83.9 Å². The lowest BCUT2D eigenvalue weighted by Crippen LogP contribution is -2.13. The zero-order chi connectivity index (χ0) is 19.8. The SMILES string of the molecule is COc1cccc(CCNc2ccc(NC(=O)c3ccccc3OC)cc2)c1. The molecule has 5 heteroatoms. The van der Waals surface area contributed by atoms with Gasteiger partial charge in [-0.15, -0.1) is 0 Å². The van der Waals surface area contributed by atoms with Crippen molar-refractivity contribution >= 4 is 17.3 Å². The van der Waals surface area contributed by atoms with Crippen LogP contribution < -0.4 is 20.1 Å². The van der Waals surface area contributed by atoms with Gasteiger partial charge in [0.1, 0.15) is 11.5 Å². The first kappa shape index (κ1) is 19.3. The maximum absolute atomic E-state index is 12.4. The molecule has 0 aliphatic heterocycles. The highest BCUT2D eigenvalue weighted by molar-refractivity contribution is 6.06. The van der Waals surface area contributed by atoms with Crippen molar-refractivity contribution in [2.45, 2.75) is 6.42 Å². The molecular weight excluding hydrogens is 352 g/mol. The summed E-state index contributed by atoms with van der Waals surface area (Å²) in [7, 11) is 3.23. The number of ether oxygens (including phenoxy) is 2. The van der Waals surface area contributed by atoms with Gasteiger partial charge in [0.25, 0.3) is 5.91 Å². The van der Waals surface area contributed by atoms with Crippen molar-refractivity contribution < 1.29 is 14.3 Å². The predicted molar refractivity (Wildman–Crippen MR) is 113 cm³/mol. The largest absolute Gasteiger partial charge is 0.497 e. The molecule has 0 unspecified atom stereocenters. The molecule has 0 aliphatic rings. The molecule has 0 aromatic heterocycles. The standard InChI is InChI=1S/C23H24N2O3/c1-27-20-7-5-6-17(16-20)14-15-24-18-10-12-19(13-11-18)25-23(26)21-8-3-4-9-22(21)28-2/h3-13,16,24H,14-15H2,1-2H3,(H,25,26). The Kier molecular flexibility index (Phi) is 6.52. The lowest BCUT2D eigenvalue weighted by Gasteiger charge is -2.11. The van der Waals surface area contributed by atoms with E-state index in [1.807, 2.05) is 54.6 Å². The molecule has 0 saturated carbocycles. The van der Waals surface area contributed by atoms with Gasteiger partial charge >= 0.3 is 0 Å². The Morgan fingerprint density at radius 2 is 1.61 bits per heavy atom. The fraction of sp³-hybridized carbons (Fsp3) is 0.174. The monoisotopic (exact) mass is 376 g/mol. The van der Waals surface area contributed by atoms with Gasteiger partial charge in [0.2, 0.25) is 0 Å². The maximum atomic E-state index is 12.4. The van der Waals surface area contributed by atoms with Crippen LogP contribution in [0.15, 0.2) is 72.8 Å². The molecule has 0 bridgehead atoms. The molecule has 5 nitrogen and oxygen atoms in total. The summed E-state index contributed by atoms with van der Waals surface area (Å²) in [6.07, 6.45) is 0.892. The van der Waals surface area contributed by atoms with Crippen molar-refractivity contribution in [2.75, 3.05) is 31.4 Å². The van der Waals surface area contributed by atoms with Crippen LogP contribution in [0.5, 0.6) is 11.5 Å². The predicted octanol–water partition coefficient (Wildman–Crippen LogP) is 4.61. The van der Waals surface area contributed by atoms with E-state index in [2.05, 4.69) is 16.7 Å². The number of rotatable bonds is 8. The van der Waals surface area contributed by atoms with Crippen LogP contribution in [0.2, 0.25) is 0 Å². The van der Waals surface area contributed by atoms with Crippen molar-refractivity contribution in [2.24, 2.45) is 0 Å². The van der Waals surface area contributed by atoms with Gasteiger partial charge in [-0.1, -0.05) is 24.3 Å². The van der Waals surface area contributed by atoms with Crippen molar-refractivity contribution in [3.8, 4) is 11.5 Å². The Bertz CT molecular complexity index is 923. The molecule has 0 fully saturated rings. The van der Waals surface area contributed by atoms with E-state index in [9.17, 15) is 4.79 Å². The normalized spacial score (nSPS) is 10.2. The molecule has 0 heterocycles. The third-order valence-electron chi connectivity index (χ3n) is 4.37. The number of methoxy groups -OCH3 is 2.